The highest BCUT2D eigenvalue weighted by molar-refractivity contribution is 7.99. The third-order valence-corrected chi connectivity index (χ3v) is 6.63. The summed E-state index contributed by atoms with van der Waals surface area (Å²) in [5.74, 6) is -0.415. The Kier molecular flexibility index (Phi) is 5.18. The summed E-state index contributed by atoms with van der Waals surface area (Å²) < 4.78 is 17.8. The summed E-state index contributed by atoms with van der Waals surface area (Å²) in [4.78, 5) is 4.82. The average Bonchev–Trinajstić information content (AvgIpc) is 3.43. The van der Waals surface area contributed by atoms with Crippen LogP contribution < -0.4 is 0 Å². The van der Waals surface area contributed by atoms with E-state index in [1.807, 2.05) is 23.1 Å². The van der Waals surface area contributed by atoms with Crippen LogP contribution in [-0.2, 0) is 0 Å². The monoisotopic (exact) mass is 434 g/mol. The molecule has 1 fully saturated rings. The second kappa shape index (κ2) is 8.13. The van der Waals surface area contributed by atoms with Crippen molar-refractivity contribution >= 4 is 17.3 Å². The zero-order valence-corrected chi connectivity index (χ0v) is 17.3. The Bertz CT molecular complexity index is 1280. The van der Waals surface area contributed by atoms with Crippen LogP contribution in [0, 0.1) is 17.1 Å². The molecule has 0 radical (unpaired) electrons. The van der Waals surface area contributed by atoms with Crippen LogP contribution in [0.4, 0.5) is 4.39 Å². The molecule has 0 saturated heterocycles. The highest BCUT2D eigenvalue weighted by Crippen LogP contribution is 2.36. The molecule has 156 valence electrons. The van der Waals surface area contributed by atoms with Crippen LogP contribution in [0.1, 0.15) is 37.3 Å². The molecule has 1 aliphatic rings. The summed E-state index contributed by atoms with van der Waals surface area (Å²) in [6.07, 6.45) is 11.8. The minimum atomic E-state index is -0.415. The van der Waals surface area contributed by atoms with Crippen molar-refractivity contribution < 1.29 is 9.50 Å². The van der Waals surface area contributed by atoms with Gasteiger partial charge in [-0.15, -0.1) is 0 Å². The molecule has 4 aromatic heterocycles. The summed E-state index contributed by atoms with van der Waals surface area (Å²) in [7, 11) is 0. The molecule has 1 N–H and O–H groups in total. The molecule has 0 atom stereocenters. The maximum absolute atomic E-state index is 14.2. The normalized spacial score (nSPS) is 18.9. The van der Waals surface area contributed by atoms with Crippen LogP contribution in [0.3, 0.4) is 0 Å². The lowest BCUT2D eigenvalue weighted by molar-refractivity contribution is 0.108. The van der Waals surface area contributed by atoms with Gasteiger partial charge in [0.1, 0.15) is 11.1 Å². The fourth-order valence-electron chi connectivity index (χ4n) is 3.96. The van der Waals surface area contributed by atoms with E-state index in [0.717, 1.165) is 36.8 Å². The zero-order chi connectivity index (χ0) is 21.4. The quantitative estimate of drug-likeness (QED) is 0.517. The fourth-order valence-corrected chi connectivity index (χ4v) is 4.94. The van der Waals surface area contributed by atoms with E-state index >= 15 is 0 Å². The van der Waals surface area contributed by atoms with Crippen LogP contribution in [0.25, 0.3) is 16.6 Å². The highest BCUT2D eigenvalue weighted by atomic mass is 32.2. The minimum absolute atomic E-state index is 0.214. The predicted molar refractivity (Wildman–Crippen MR) is 113 cm³/mol. The first-order chi connectivity index (χ1) is 15.1. The van der Waals surface area contributed by atoms with Crippen molar-refractivity contribution in [3.8, 4) is 17.2 Å². The Balaban J connectivity index is 1.55. The molecule has 0 bridgehead atoms. The van der Waals surface area contributed by atoms with Crippen LogP contribution in [0.15, 0.2) is 59.1 Å². The van der Waals surface area contributed by atoms with Gasteiger partial charge in [-0.05, 0) is 43.9 Å². The SMILES string of the molecule is N#Cc1cnn2cc(-c3cnn([C@H]4CC[C@@H](O)CC4)c3)cc(Sc3ncccc3F)c12. The molecule has 4 heterocycles. The Morgan fingerprint density at radius 1 is 1.13 bits per heavy atom. The standard InChI is InChI=1S/C22H19FN6OS/c23-19-2-1-7-25-22(19)31-20-8-14(12-29-21(20)15(9-24)10-27-29)16-11-26-28(13-16)17-3-5-18(30)6-4-17/h1-2,7-8,10-13,17-18,30H,3-6H2/t17-,18+. The minimum Gasteiger partial charge on any atom is -0.393 e. The Morgan fingerprint density at radius 2 is 1.97 bits per heavy atom. The molecule has 0 spiro atoms. The van der Waals surface area contributed by atoms with Gasteiger partial charge in [-0.2, -0.15) is 15.5 Å². The average molecular weight is 435 g/mol. The van der Waals surface area contributed by atoms with Gasteiger partial charge in [0.25, 0.3) is 0 Å². The topological polar surface area (TPSA) is 92.0 Å². The van der Waals surface area contributed by atoms with Crippen molar-refractivity contribution in [1.29, 1.82) is 5.26 Å². The summed E-state index contributed by atoms with van der Waals surface area (Å²) in [6, 6.07) is 7.25. The second-order valence-corrected chi connectivity index (χ2v) is 8.65. The van der Waals surface area contributed by atoms with E-state index in [1.54, 1.807) is 23.0 Å². The van der Waals surface area contributed by atoms with Crippen LogP contribution in [0.2, 0.25) is 0 Å². The van der Waals surface area contributed by atoms with E-state index in [1.165, 1.54) is 24.0 Å². The maximum Gasteiger partial charge on any atom is 0.155 e. The molecular weight excluding hydrogens is 415 g/mol. The van der Waals surface area contributed by atoms with Gasteiger partial charge in [0.05, 0.1) is 35.6 Å². The van der Waals surface area contributed by atoms with Crippen molar-refractivity contribution in [2.75, 3.05) is 0 Å². The summed E-state index contributed by atoms with van der Waals surface area (Å²) >= 11 is 1.17. The maximum atomic E-state index is 14.2. The fraction of sp³-hybridized carbons (Fsp3) is 0.273. The zero-order valence-electron chi connectivity index (χ0n) is 16.5. The van der Waals surface area contributed by atoms with E-state index in [4.69, 9.17) is 0 Å². The van der Waals surface area contributed by atoms with Crippen molar-refractivity contribution in [2.45, 2.75) is 47.8 Å². The first-order valence-corrected chi connectivity index (χ1v) is 10.9. The third-order valence-electron chi connectivity index (χ3n) is 5.60. The van der Waals surface area contributed by atoms with Gasteiger partial charge >= 0.3 is 0 Å². The van der Waals surface area contributed by atoms with Crippen LogP contribution in [-0.4, -0.2) is 35.6 Å². The van der Waals surface area contributed by atoms with E-state index in [9.17, 15) is 14.8 Å². The van der Waals surface area contributed by atoms with E-state index in [-0.39, 0.29) is 17.2 Å². The van der Waals surface area contributed by atoms with Crippen molar-refractivity contribution in [3.63, 3.8) is 0 Å². The number of hydrogen-bond donors (Lipinski definition) is 1. The first kappa shape index (κ1) is 19.7. The Morgan fingerprint density at radius 3 is 2.74 bits per heavy atom. The molecule has 5 rings (SSSR count). The lowest BCUT2D eigenvalue weighted by Crippen LogP contribution is -2.21. The van der Waals surface area contributed by atoms with Crippen molar-refractivity contribution in [2.24, 2.45) is 0 Å². The number of fused-ring (bicyclic) bond motifs is 1. The Labute approximate surface area is 182 Å². The first-order valence-electron chi connectivity index (χ1n) is 10.0. The number of halogens is 1. The van der Waals surface area contributed by atoms with Crippen LogP contribution >= 0.6 is 11.8 Å². The van der Waals surface area contributed by atoms with Gasteiger partial charge in [0, 0.05) is 34.6 Å². The van der Waals surface area contributed by atoms with Gasteiger partial charge in [-0.25, -0.2) is 13.9 Å². The molecule has 0 amide bonds. The van der Waals surface area contributed by atoms with Gasteiger partial charge in [0.2, 0.25) is 0 Å². The molecule has 0 unspecified atom stereocenters. The molecule has 1 aliphatic carbocycles. The van der Waals surface area contributed by atoms with Gasteiger partial charge in [-0.3, -0.25) is 4.68 Å². The summed E-state index contributed by atoms with van der Waals surface area (Å²) in [5.41, 5.74) is 2.81. The van der Waals surface area contributed by atoms with E-state index in [2.05, 4.69) is 21.3 Å². The van der Waals surface area contributed by atoms with Crippen molar-refractivity contribution in [3.05, 3.63) is 60.6 Å². The number of nitrogens with zero attached hydrogens (tertiary/aromatic N) is 6. The molecule has 0 aromatic carbocycles. The lowest BCUT2D eigenvalue weighted by atomic mass is 9.93. The largest absolute Gasteiger partial charge is 0.393 e. The van der Waals surface area contributed by atoms with E-state index in [0.29, 0.717) is 16.0 Å². The van der Waals surface area contributed by atoms with Crippen molar-refractivity contribution in [1.82, 2.24) is 24.4 Å². The van der Waals surface area contributed by atoms with E-state index < -0.39 is 5.82 Å². The molecule has 9 heteroatoms. The number of aromatic nitrogens is 5. The number of rotatable bonds is 4. The molecular formula is C22H19FN6OS. The Hall–Kier alpha value is -3.22. The number of aliphatic hydroxyl groups excluding tert-OH is 1. The van der Waals surface area contributed by atoms with Crippen LogP contribution in [0.5, 0.6) is 0 Å². The molecule has 4 aromatic rings. The van der Waals surface area contributed by atoms with Gasteiger partial charge in [0.15, 0.2) is 5.82 Å². The summed E-state index contributed by atoms with van der Waals surface area (Å²) in [6.45, 7) is 0. The summed E-state index contributed by atoms with van der Waals surface area (Å²) in [5, 5.41) is 28.3. The molecule has 7 nitrogen and oxygen atoms in total. The number of pyridine rings is 2. The van der Waals surface area contributed by atoms with Gasteiger partial charge in [-0.1, -0.05) is 11.8 Å². The highest BCUT2D eigenvalue weighted by Gasteiger charge is 2.22. The number of nitriles is 1. The molecule has 0 aliphatic heterocycles. The molecule has 31 heavy (non-hydrogen) atoms. The number of hydrogen-bond acceptors (Lipinski definition) is 6. The third kappa shape index (κ3) is 3.80. The molecule has 1 saturated carbocycles. The smallest absolute Gasteiger partial charge is 0.155 e. The van der Waals surface area contributed by atoms with Gasteiger partial charge < -0.3 is 5.11 Å². The predicted octanol–water partition coefficient (Wildman–Crippen LogP) is 4.23. The number of aliphatic hydroxyl groups is 1. The lowest BCUT2D eigenvalue weighted by Gasteiger charge is -2.25. The second-order valence-electron chi connectivity index (χ2n) is 7.62.